The van der Waals surface area contributed by atoms with Gasteiger partial charge in [-0.2, -0.15) is 0 Å². The maximum atomic E-state index is 12.0. The molecule has 0 amide bonds. The SMILES string of the molecule is CCc1c(-c2ccc3cc(CN)[nH]c3c2)[nH]c(=O)c(C(=O)O)c1O.Cl. The molecule has 0 aliphatic carbocycles. The fraction of sp³-hybridized carbons (Fsp3) is 0.176. The number of aromatic carboxylic acids is 1. The number of halogens is 1. The van der Waals surface area contributed by atoms with E-state index in [9.17, 15) is 14.7 Å². The molecule has 132 valence electrons. The van der Waals surface area contributed by atoms with E-state index in [-0.39, 0.29) is 12.4 Å². The van der Waals surface area contributed by atoms with Crippen molar-refractivity contribution in [3.8, 4) is 17.0 Å². The maximum absolute atomic E-state index is 12.0. The molecule has 7 nitrogen and oxygen atoms in total. The van der Waals surface area contributed by atoms with Crippen LogP contribution in [0.15, 0.2) is 29.1 Å². The van der Waals surface area contributed by atoms with Crippen LogP contribution in [0.3, 0.4) is 0 Å². The molecule has 0 aliphatic rings. The second-order valence-electron chi connectivity index (χ2n) is 5.49. The Kier molecular flexibility index (Phi) is 5.20. The van der Waals surface area contributed by atoms with Crippen LogP contribution in [0.5, 0.6) is 5.75 Å². The molecule has 0 saturated heterocycles. The first-order valence-corrected chi connectivity index (χ1v) is 7.49. The highest BCUT2D eigenvalue weighted by Gasteiger charge is 2.21. The van der Waals surface area contributed by atoms with Crippen LogP contribution in [0.2, 0.25) is 0 Å². The van der Waals surface area contributed by atoms with E-state index in [1.807, 2.05) is 18.2 Å². The number of carbonyl (C=O) groups is 1. The lowest BCUT2D eigenvalue weighted by atomic mass is 10.00. The average molecular weight is 364 g/mol. The lowest BCUT2D eigenvalue weighted by Crippen LogP contribution is -2.20. The number of fused-ring (bicyclic) bond motifs is 1. The highest BCUT2D eigenvalue weighted by Crippen LogP contribution is 2.31. The van der Waals surface area contributed by atoms with E-state index in [4.69, 9.17) is 10.8 Å². The third-order valence-corrected chi connectivity index (χ3v) is 4.04. The van der Waals surface area contributed by atoms with Crippen LogP contribution in [0, 0.1) is 0 Å². The summed E-state index contributed by atoms with van der Waals surface area (Å²) in [6.07, 6.45) is 0.370. The molecule has 0 aliphatic heterocycles. The number of hydrogen-bond acceptors (Lipinski definition) is 4. The normalized spacial score (nSPS) is 10.6. The monoisotopic (exact) mass is 363 g/mol. The highest BCUT2D eigenvalue weighted by molar-refractivity contribution is 5.92. The predicted octanol–water partition coefficient (Wildman–Crippen LogP) is 2.37. The van der Waals surface area contributed by atoms with Crippen molar-refractivity contribution in [3.63, 3.8) is 0 Å². The van der Waals surface area contributed by atoms with Crippen molar-refractivity contribution in [3.05, 3.63) is 51.4 Å². The van der Waals surface area contributed by atoms with Gasteiger partial charge in [-0.05, 0) is 23.9 Å². The second-order valence-corrected chi connectivity index (χ2v) is 5.49. The Morgan fingerprint density at radius 1 is 1.24 bits per heavy atom. The Morgan fingerprint density at radius 3 is 2.56 bits per heavy atom. The molecular formula is C17H18ClN3O4. The van der Waals surface area contributed by atoms with E-state index in [0.29, 0.717) is 29.8 Å². The third kappa shape index (κ3) is 3.11. The molecule has 2 heterocycles. The average Bonchev–Trinajstić information content (AvgIpc) is 2.96. The first kappa shape index (κ1) is 18.6. The second kappa shape index (κ2) is 7.00. The molecule has 6 N–H and O–H groups in total. The summed E-state index contributed by atoms with van der Waals surface area (Å²) in [6.45, 7) is 2.16. The Hall–Kier alpha value is -2.77. The number of rotatable bonds is 4. The summed E-state index contributed by atoms with van der Waals surface area (Å²) in [5.41, 5.74) is 7.36. The molecule has 25 heavy (non-hydrogen) atoms. The van der Waals surface area contributed by atoms with E-state index in [2.05, 4.69) is 9.97 Å². The zero-order chi connectivity index (χ0) is 17.4. The molecule has 0 bridgehead atoms. The number of benzene rings is 1. The van der Waals surface area contributed by atoms with Crippen molar-refractivity contribution >= 4 is 29.3 Å². The van der Waals surface area contributed by atoms with E-state index < -0.39 is 22.8 Å². The van der Waals surface area contributed by atoms with Crippen LogP contribution in [-0.2, 0) is 13.0 Å². The number of aromatic nitrogens is 2. The van der Waals surface area contributed by atoms with E-state index in [0.717, 1.165) is 16.6 Å². The molecule has 0 saturated carbocycles. The van der Waals surface area contributed by atoms with Gasteiger partial charge in [0.2, 0.25) is 0 Å². The van der Waals surface area contributed by atoms with E-state index >= 15 is 0 Å². The van der Waals surface area contributed by atoms with Gasteiger partial charge in [0.05, 0.1) is 5.69 Å². The van der Waals surface area contributed by atoms with Crippen LogP contribution in [0.4, 0.5) is 0 Å². The van der Waals surface area contributed by atoms with Crippen LogP contribution in [-0.4, -0.2) is 26.2 Å². The number of carboxylic acids is 1. The third-order valence-electron chi connectivity index (χ3n) is 4.04. The molecule has 0 unspecified atom stereocenters. The maximum Gasteiger partial charge on any atom is 0.345 e. The summed E-state index contributed by atoms with van der Waals surface area (Å²) >= 11 is 0. The molecule has 1 aromatic carbocycles. The number of aromatic amines is 2. The minimum absolute atomic E-state index is 0. The Labute approximate surface area is 148 Å². The number of pyridine rings is 1. The Morgan fingerprint density at radius 2 is 1.96 bits per heavy atom. The fourth-order valence-electron chi connectivity index (χ4n) is 2.87. The lowest BCUT2D eigenvalue weighted by molar-refractivity contribution is 0.0691. The number of carboxylic acid groups (broad SMARTS) is 1. The van der Waals surface area contributed by atoms with Crippen molar-refractivity contribution in [2.24, 2.45) is 5.73 Å². The van der Waals surface area contributed by atoms with Crippen molar-refractivity contribution in [1.82, 2.24) is 9.97 Å². The number of hydrogen-bond donors (Lipinski definition) is 5. The highest BCUT2D eigenvalue weighted by atomic mass is 35.5. The fourth-order valence-corrected chi connectivity index (χ4v) is 2.87. The lowest BCUT2D eigenvalue weighted by Gasteiger charge is -2.12. The van der Waals surface area contributed by atoms with Crippen LogP contribution in [0.1, 0.15) is 28.5 Å². The van der Waals surface area contributed by atoms with Crippen molar-refractivity contribution in [2.75, 3.05) is 0 Å². The molecule has 0 fully saturated rings. The smallest absolute Gasteiger partial charge is 0.345 e. The molecule has 0 radical (unpaired) electrons. The molecule has 3 aromatic rings. The number of nitrogens with two attached hydrogens (primary N) is 1. The van der Waals surface area contributed by atoms with Crippen molar-refractivity contribution < 1.29 is 15.0 Å². The number of aromatic hydroxyl groups is 1. The summed E-state index contributed by atoms with van der Waals surface area (Å²) < 4.78 is 0. The summed E-state index contributed by atoms with van der Waals surface area (Å²) in [5.74, 6) is -1.94. The number of nitrogens with one attached hydrogen (secondary N) is 2. The Bertz CT molecular complexity index is 1010. The summed E-state index contributed by atoms with van der Waals surface area (Å²) in [7, 11) is 0. The topological polar surface area (TPSA) is 132 Å². The molecule has 8 heteroatoms. The van der Waals surface area contributed by atoms with Crippen molar-refractivity contribution in [1.29, 1.82) is 0 Å². The van der Waals surface area contributed by atoms with Gasteiger partial charge in [0.1, 0.15) is 5.75 Å². The number of H-pyrrole nitrogens is 2. The molecule has 2 aromatic heterocycles. The Balaban J connectivity index is 0.00000225. The van der Waals surface area contributed by atoms with E-state index in [1.54, 1.807) is 13.0 Å². The van der Waals surface area contributed by atoms with Crippen LogP contribution < -0.4 is 11.3 Å². The first-order valence-electron chi connectivity index (χ1n) is 7.49. The van der Waals surface area contributed by atoms with Crippen LogP contribution in [0.25, 0.3) is 22.2 Å². The van der Waals surface area contributed by atoms with Gasteiger partial charge in [0, 0.05) is 28.9 Å². The first-order chi connectivity index (χ1) is 11.5. The van der Waals surface area contributed by atoms with Gasteiger partial charge in [-0.3, -0.25) is 4.79 Å². The molecule has 3 rings (SSSR count). The molecule has 0 atom stereocenters. The summed E-state index contributed by atoms with van der Waals surface area (Å²) in [6, 6.07) is 7.45. The van der Waals surface area contributed by atoms with Crippen molar-refractivity contribution in [2.45, 2.75) is 19.9 Å². The molecule has 0 spiro atoms. The van der Waals surface area contributed by atoms with Gasteiger partial charge < -0.3 is 25.9 Å². The van der Waals surface area contributed by atoms with Gasteiger partial charge >= 0.3 is 5.97 Å². The largest absolute Gasteiger partial charge is 0.506 e. The molecular weight excluding hydrogens is 346 g/mol. The minimum Gasteiger partial charge on any atom is -0.506 e. The predicted molar refractivity (Wildman–Crippen MR) is 97.5 cm³/mol. The van der Waals surface area contributed by atoms with Gasteiger partial charge in [0.25, 0.3) is 5.56 Å². The quantitative estimate of drug-likeness (QED) is 0.485. The zero-order valence-electron chi connectivity index (χ0n) is 13.4. The minimum atomic E-state index is -1.46. The zero-order valence-corrected chi connectivity index (χ0v) is 14.2. The van der Waals surface area contributed by atoms with Gasteiger partial charge in [-0.1, -0.05) is 19.1 Å². The summed E-state index contributed by atoms with van der Waals surface area (Å²) in [5, 5.41) is 20.3. The van der Waals surface area contributed by atoms with Crippen LogP contribution >= 0.6 is 12.4 Å². The van der Waals surface area contributed by atoms with Gasteiger partial charge in [0.15, 0.2) is 5.56 Å². The standard InChI is InChI=1S/C17H17N3O4.ClH/c1-2-11-14(20-16(22)13(15(11)21)17(23)24)9-4-3-8-5-10(7-18)19-12(8)6-9;/h3-6,19H,2,7,18H2,1H3,(H,23,24)(H2,20,21,22);1H. The van der Waals surface area contributed by atoms with Gasteiger partial charge in [-0.15, -0.1) is 12.4 Å². The van der Waals surface area contributed by atoms with E-state index in [1.165, 1.54) is 0 Å². The van der Waals surface area contributed by atoms with Gasteiger partial charge in [-0.25, -0.2) is 4.79 Å². The summed E-state index contributed by atoms with van der Waals surface area (Å²) in [4.78, 5) is 29.0.